The third-order valence-corrected chi connectivity index (χ3v) is 5.86. The van der Waals surface area contributed by atoms with Crippen LogP contribution in [0, 0.1) is 0 Å². The largest absolute Gasteiger partial charge is 0.366 e. The van der Waals surface area contributed by atoms with Crippen molar-refractivity contribution in [2.75, 3.05) is 0 Å². The van der Waals surface area contributed by atoms with Crippen LogP contribution in [0.15, 0.2) is 33.4 Å². The lowest BCUT2D eigenvalue weighted by Gasteiger charge is -2.18. The lowest BCUT2D eigenvalue weighted by molar-refractivity contribution is -0.107. The maximum absolute atomic E-state index is 12.1. The smallest absolute Gasteiger partial charge is 0.249 e. The number of carbonyl (C=O) groups is 2. The molecule has 0 atom stereocenters. The highest BCUT2D eigenvalue weighted by atomic mass is 32.2. The van der Waals surface area contributed by atoms with E-state index >= 15 is 0 Å². The van der Waals surface area contributed by atoms with E-state index in [9.17, 15) is 18.0 Å². The van der Waals surface area contributed by atoms with Crippen molar-refractivity contribution >= 4 is 32.6 Å². The molecule has 2 rings (SSSR count). The van der Waals surface area contributed by atoms with E-state index in [1.54, 1.807) is 0 Å². The fourth-order valence-electron chi connectivity index (χ4n) is 1.81. The van der Waals surface area contributed by atoms with E-state index in [4.69, 9.17) is 5.73 Å². The van der Waals surface area contributed by atoms with Gasteiger partial charge in [-0.25, -0.2) is 8.42 Å². The van der Waals surface area contributed by atoms with Crippen molar-refractivity contribution < 1.29 is 18.0 Å². The second-order valence-electron chi connectivity index (χ2n) is 3.99. The standard InChI is InChI=1S/C12H11NO4S2/c1-3-7-4-9-10(5-8(7)11(13)14)19(16,17)6(2)12(15)18-9/h4-5H,2-3H2,1H3,(H2,13,14). The van der Waals surface area contributed by atoms with Crippen LogP contribution in [0.25, 0.3) is 0 Å². The summed E-state index contributed by atoms with van der Waals surface area (Å²) in [7, 11) is -3.92. The number of thioether (sulfide) groups is 1. The summed E-state index contributed by atoms with van der Waals surface area (Å²) >= 11 is 0.802. The predicted octanol–water partition coefficient (Wildman–Crippen LogP) is 1.27. The lowest BCUT2D eigenvalue weighted by atomic mass is 10.1. The van der Waals surface area contributed by atoms with Gasteiger partial charge >= 0.3 is 0 Å². The molecule has 2 N–H and O–H groups in total. The Balaban J connectivity index is 2.80. The lowest BCUT2D eigenvalue weighted by Crippen LogP contribution is -2.20. The molecular weight excluding hydrogens is 286 g/mol. The highest BCUT2D eigenvalue weighted by Gasteiger charge is 2.35. The molecular formula is C12H11NO4S2. The zero-order chi connectivity index (χ0) is 14.4. The number of primary amides is 1. The van der Waals surface area contributed by atoms with Crippen LogP contribution in [0.4, 0.5) is 0 Å². The summed E-state index contributed by atoms with van der Waals surface area (Å²) in [6, 6.07) is 2.76. The Hall–Kier alpha value is -1.60. The Morgan fingerprint density at radius 1 is 1.42 bits per heavy atom. The minimum Gasteiger partial charge on any atom is -0.366 e. The van der Waals surface area contributed by atoms with Gasteiger partial charge < -0.3 is 5.73 Å². The van der Waals surface area contributed by atoms with Gasteiger partial charge in [-0.3, -0.25) is 9.59 Å². The molecule has 7 heteroatoms. The second-order valence-corrected chi connectivity index (χ2v) is 6.94. The molecule has 1 aromatic rings. The first-order chi connectivity index (χ1) is 8.78. The number of fused-ring (bicyclic) bond motifs is 1. The van der Waals surface area contributed by atoms with Crippen LogP contribution < -0.4 is 5.73 Å². The van der Waals surface area contributed by atoms with Crippen LogP contribution in [0.3, 0.4) is 0 Å². The number of aryl methyl sites for hydroxylation is 1. The van der Waals surface area contributed by atoms with Gasteiger partial charge in [0.15, 0.2) is 0 Å². The molecule has 1 aliphatic heterocycles. The monoisotopic (exact) mass is 297 g/mol. The summed E-state index contributed by atoms with van der Waals surface area (Å²) in [6.07, 6.45) is 0.515. The molecule has 0 saturated carbocycles. The number of benzene rings is 1. The molecule has 0 unspecified atom stereocenters. The molecule has 1 amide bonds. The molecule has 0 bridgehead atoms. The van der Waals surface area contributed by atoms with Gasteiger partial charge in [-0.2, -0.15) is 0 Å². The van der Waals surface area contributed by atoms with Crippen LogP contribution in [-0.2, 0) is 21.1 Å². The molecule has 5 nitrogen and oxygen atoms in total. The van der Waals surface area contributed by atoms with Gasteiger partial charge in [-0.05, 0) is 35.9 Å². The SMILES string of the molecule is C=C1C(=O)Sc2cc(CC)c(C(N)=O)cc2S1(=O)=O. The van der Waals surface area contributed by atoms with Crippen LogP contribution in [0.5, 0.6) is 0 Å². The summed E-state index contributed by atoms with van der Waals surface area (Å²) in [5, 5.41) is -0.596. The number of hydrogen-bond donors (Lipinski definition) is 1. The van der Waals surface area contributed by atoms with Gasteiger partial charge in [0.2, 0.25) is 20.9 Å². The Labute approximate surface area is 114 Å². The Bertz CT molecular complexity index is 719. The number of hydrogen-bond acceptors (Lipinski definition) is 5. The first kappa shape index (κ1) is 13.8. The molecule has 0 saturated heterocycles. The van der Waals surface area contributed by atoms with Gasteiger partial charge in [0.25, 0.3) is 0 Å². The van der Waals surface area contributed by atoms with Crippen molar-refractivity contribution in [2.24, 2.45) is 5.73 Å². The number of sulfone groups is 1. The first-order valence-corrected chi connectivity index (χ1v) is 7.72. The molecule has 0 radical (unpaired) electrons. The van der Waals surface area contributed by atoms with Crippen LogP contribution >= 0.6 is 11.8 Å². The van der Waals surface area contributed by atoms with E-state index in [0.29, 0.717) is 16.9 Å². The summed E-state index contributed by atoms with van der Waals surface area (Å²) in [5.74, 6) is -0.692. The summed E-state index contributed by atoms with van der Waals surface area (Å²) in [5.41, 5.74) is 6.02. The zero-order valence-electron chi connectivity index (χ0n) is 10.1. The van der Waals surface area contributed by atoms with Gasteiger partial charge in [-0.1, -0.05) is 13.5 Å². The summed E-state index contributed by atoms with van der Waals surface area (Å²) in [6.45, 7) is 5.11. The molecule has 0 spiro atoms. The van der Waals surface area contributed by atoms with Crippen LogP contribution in [-0.4, -0.2) is 19.4 Å². The number of amides is 1. The van der Waals surface area contributed by atoms with Gasteiger partial charge in [0.05, 0.1) is 4.90 Å². The van der Waals surface area contributed by atoms with E-state index in [1.165, 1.54) is 12.1 Å². The average molecular weight is 297 g/mol. The minimum atomic E-state index is -3.92. The van der Waals surface area contributed by atoms with Crippen molar-refractivity contribution in [1.82, 2.24) is 0 Å². The quantitative estimate of drug-likeness (QED) is 0.829. The molecule has 100 valence electrons. The Kier molecular flexibility index (Phi) is 3.27. The van der Waals surface area contributed by atoms with Gasteiger partial charge in [0, 0.05) is 10.5 Å². The van der Waals surface area contributed by atoms with Crippen LogP contribution in [0.2, 0.25) is 0 Å². The van der Waals surface area contributed by atoms with Gasteiger partial charge in [-0.15, -0.1) is 0 Å². The Morgan fingerprint density at radius 2 is 2.05 bits per heavy atom. The van der Waals surface area contributed by atoms with Crippen molar-refractivity contribution in [3.05, 3.63) is 34.7 Å². The summed E-state index contributed by atoms with van der Waals surface area (Å²) < 4.78 is 24.2. The third kappa shape index (κ3) is 2.08. The number of rotatable bonds is 2. The maximum Gasteiger partial charge on any atom is 0.249 e. The molecule has 0 aliphatic carbocycles. The average Bonchev–Trinajstić information content (AvgIpc) is 2.35. The zero-order valence-corrected chi connectivity index (χ0v) is 11.7. The third-order valence-electron chi connectivity index (χ3n) is 2.86. The second kappa shape index (κ2) is 4.50. The highest BCUT2D eigenvalue weighted by Crippen LogP contribution is 2.40. The molecule has 0 aromatic heterocycles. The van der Waals surface area contributed by atoms with Crippen molar-refractivity contribution in [3.8, 4) is 0 Å². The normalized spacial score (nSPS) is 17.1. The fraction of sp³-hybridized carbons (Fsp3) is 0.167. The highest BCUT2D eigenvalue weighted by molar-refractivity contribution is 8.18. The van der Waals surface area contributed by atoms with E-state index in [1.807, 2.05) is 6.92 Å². The maximum atomic E-state index is 12.1. The van der Waals surface area contributed by atoms with Crippen molar-refractivity contribution in [2.45, 2.75) is 23.1 Å². The van der Waals surface area contributed by atoms with E-state index in [2.05, 4.69) is 6.58 Å². The Morgan fingerprint density at radius 3 is 2.58 bits per heavy atom. The fourth-order valence-corrected chi connectivity index (χ4v) is 4.48. The van der Waals surface area contributed by atoms with E-state index < -0.39 is 25.8 Å². The topological polar surface area (TPSA) is 94.3 Å². The predicted molar refractivity (Wildman–Crippen MR) is 71.5 cm³/mol. The number of carbonyl (C=O) groups excluding carboxylic acids is 2. The first-order valence-electron chi connectivity index (χ1n) is 5.42. The summed E-state index contributed by atoms with van der Waals surface area (Å²) in [4.78, 5) is 22.7. The minimum absolute atomic E-state index is 0.0758. The van der Waals surface area contributed by atoms with Gasteiger partial charge in [0.1, 0.15) is 4.91 Å². The van der Waals surface area contributed by atoms with Crippen molar-refractivity contribution in [3.63, 3.8) is 0 Å². The molecule has 1 aromatic carbocycles. The van der Waals surface area contributed by atoms with E-state index in [-0.39, 0.29) is 10.5 Å². The molecule has 1 heterocycles. The van der Waals surface area contributed by atoms with Crippen LogP contribution in [0.1, 0.15) is 22.8 Å². The van der Waals surface area contributed by atoms with E-state index in [0.717, 1.165) is 11.8 Å². The molecule has 19 heavy (non-hydrogen) atoms. The molecule has 0 fully saturated rings. The van der Waals surface area contributed by atoms with Crippen molar-refractivity contribution in [1.29, 1.82) is 0 Å². The molecule has 1 aliphatic rings. The number of nitrogens with two attached hydrogens (primary N) is 1.